The van der Waals surface area contributed by atoms with Gasteiger partial charge in [-0.1, -0.05) is 36.4 Å². The molecule has 4 N–H and O–H groups in total. The second kappa shape index (κ2) is 10.3. The Hall–Kier alpha value is -5.16. The number of amides is 4. The van der Waals surface area contributed by atoms with E-state index in [4.69, 9.17) is 10.7 Å². The first-order valence-electron chi connectivity index (χ1n) is 12.1. The number of urea groups is 1. The van der Waals surface area contributed by atoms with Crippen molar-refractivity contribution < 1.29 is 19.3 Å². The number of fused-ring (bicyclic) bond motifs is 1. The van der Waals surface area contributed by atoms with Crippen molar-refractivity contribution in [2.75, 3.05) is 18.9 Å². The van der Waals surface area contributed by atoms with Gasteiger partial charge in [-0.2, -0.15) is 0 Å². The Labute approximate surface area is 223 Å². The molecule has 1 atom stereocenters. The summed E-state index contributed by atoms with van der Waals surface area (Å²) in [7, 11) is 1.40. The first-order chi connectivity index (χ1) is 18.7. The number of anilines is 1. The van der Waals surface area contributed by atoms with Gasteiger partial charge < -0.3 is 16.4 Å². The maximum absolute atomic E-state index is 13.2. The maximum atomic E-state index is 13.2. The Morgan fingerprint density at radius 3 is 2.38 bits per heavy atom. The van der Waals surface area contributed by atoms with Gasteiger partial charge in [0, 0.05) is 30.4 Å². The second-order valence-corrected chi connectivity index (χ2v) is 9.13. The van der Waals surface area contributed by atoms with Crippen molar-refractivity contribution >= 4 is 46.7 Å². The molecule has 2 aliphatic rings. The van der Waals surface area contributed by atoms with Gasteiger partial charge in [0.05, 0.1) is 16.3 Å². The van der Waals surface area contributed by atoms with Crippen LogP contribution in [-0.2, 0) is 16.0 Å². The molecule has 1 unspecified atom stereocenters. The highest BCUT2D eigenvalue weighted by molar-refractivity contribution is 6.24. The molecule has 4 amide bonds. The number of rotatable bonds is 7. The molecule has 0 saturated carbocycles. The van der Waals surface area contributed by atoms with Gasteiger partial charge in [0.15, 0.2) is 0 Å². The van der Waals surface area contributed by atoms with Crippen molar-refractivity contribution in [3.8, 4) is 0 Å². The zero-order valence-electron chi connectivity index (χ0n) is 20.9. The molecule has 0 aromatic heterocycles. The third-order valence-electron chi connectivity index (χ3n) is 6.57. The Balaban J connectivity index is 1.55. The molecule has 0 bridgehead atoms. The van der Waals surface area contributed by atoms with Crippen LogP contribution in [0.15, 0.2) is 77.4 Å². The van der Waals surface area contributed by atoms with Crippen LogP contribution in [0.1, 0.15) is 28.2 Å². The number of nitrogens with zero attached hydrogens (tertiary/aromatic N) is 3. The average molecular weight is 525 g/mol. The fourth-order valence-corrected chi connectivity index (χ4v) is 4.51. The number of non-ortho nitro benzene ring substituents is 1. The Morgan fingerprint density at radius 2 is 1.77 bits per heavy atom. The van der Waals surface area contributed by atoms with Crippen LogP contribution in [0.25, 0.3) is 6.08 Å². The second-order valence-electron chi connectivity index (χ2n) is 9.13. The largest absolute Gasteiger partial charge is 0.330 e. The Bertz CT molecular complexity index is 1560. The van der Waals surface area contributed by atoms with Crippen LogP contribution in [-0.4, -0.2) is 47.0 Å². The van der Waals surface area contributed by atoms with Gasteiger partial charge in [-0.15, -0.1) is 0 Å². The van der Waals surface area contributed by atoms with Crippen molar-refractivity contribution in [3.05, 3.63) is 105 Å². The molecule has 11 heteroatoms. The molecule has 2 heterocycles. The molecule has 3 aromatic carbocycles. The number of hydrogen-bond donors (Lipinski definition) is 3. The van der Waals surface area contributed by atoms with Crippen LogP contribution in [0.3, 0.4) is 0 Å². The van der Waals surface area contributed by atoms with E-state index in [9.17, 15) is 24.5 Å². The summed E-state index contributed by atoms with van der Waals surface area (Å²) >= 11 is 0. The Kier molecular flexibility index (Phi) is 6.73. The molecular formula is C28H24N6O5. The van der Waals surface area contributed by atoms with Crippen molar-refractivity contribution in [3.63, 3.8) is 0 Å². The van der Waals surface area contributed by atoms with Crippen LogP contribution < -0.4 is 16.4 Å². The van der Waals surface area contributed by atoms with Crippen molar-refractivity contribution in [1.29, 1.82) is 0 Å². The number of nitro benzene ring substituents is 1. The maximum Gasteiger partial charge on any atom is 0.328 e. The van der Waals surface area contributed by atoms with Crippen LogP contribution in [0.2, 0.25) is 0 Å². The molecule has 2 aliphatic heterocycles. The van der Waals surface area contributed by atoms with Gasteiger partial charge in [-0.25, -0.2) is 4.79 Å². The fraction of sp³-hybridized carbons (Fsp3) is 0.143. The quantitative estimate of drug-likeness (QED) is 0.141. The third-order valence-corrected chi connectivity index (χ3v) is 6.57. The number of imide groups is 1. The number of likely N-dealkylation sites (N-methyl/N-ethyl adjacent to an activating group) is 1. The van der Waals surface area contributed by atoms with Gasteiger partial charge in [0.25, 0.3) is 11.6 Å². The first-order valence-corrected chi connectivity index (χ1v) is 12.1. The molecule has 11 nitrogen and oxygen atoms in total. The number of nitro groups is 1. The number of nitrogens with one attached hydrogen (secondary N) is 2. The van der Waals surface area contributed by atoms with Gasteiger partial charge in [-0.05, 0) is 53.9 Å². The summed E-state index contributed by atoms with van der Waals surface area (Å²) in [6.45, 7) is 0.496. The van der Waals surface area contributed by atoms with Gasteiger partial charge in [0.2, 0.25) is 5.91 Å². The molecule has 196 valence electrons. The number of carbonyl (C=O) groups is 3. The van der Waals surface area contributed by atoms with Crippen LogP contribution in [0, 0.1) is 10.1 Å². The van der Waals surface area contributed by atoms with E-state index in [0.29, 0.717) is 46.7 Å². The summed E-state index contributed by atoms with van der Waals surface area (Å²) in [4.78, 5) is 53.8. The molecule has 39 heavy (non-hydrogen) atoms. The SMILES string of the molecule is CN1C(=O)NC(=Cc2ccc(N=C(c3ccc(CCN)cc3)C3C(=O)Nc4ccc([N+](=O)[O-])cc43)cc2)C1=O. The number of carbonyl (C=O) groups excluding carboxylic acids is 3. The van der Waals surface area contributed by atoms with Gasteiger partial charge in [0.1, 0.15) is 11.6 Å². The van der Waals surface area contributed by atoms with Crippen LogP contribution >= 0.6 is 0 Å². The average Bonchev–Trinajstić information content (AvgIpc) is 3.38. The van der Waals surface area contributed by atoms with Crippen LogP contribution in [0.5, 0.6) is 0 Å². The number of benzene rings is 3. The minimum absolute atomic E-state index is 0.121. The lowest BCUT2D eigenvalue weighted by Crippen LogP contribution is -2.25. The summed E-state index contributed by atoms with van der Waals surface area (Å²) in [6, 6.07) is 18.2. The Morgan fingerprint density at radius 1 is 1.05 bits per heavy atom. The zero-order chi connectivity index (χ0) is 27.7. The van der Waals surface area contributed by atoms with Gasteiger partial charge >= 0.3 is 6.03 Å². The topological polar surface area (TPSA) is 160 Å². The van der Waals surface area contributed by atoms with E-state index in [1.165, 1.54) is 25.2 Å². The monoisotopic (exact) mass is 524 g/mol. The smallest absolute Gasteiger partial charge is 0.328 e. The molecule has 1 saturated heterocycles. The van der Waals surface area contributed by atoms with E-state index in [2.05, 4.69) is 10.6 Å². The lowest BCUT2D eigenvalue weighted by Gasteiger charge is -2.14. The molecule has 5 rings (SSSR count). The van der Waals surface area contributed by atoms with Crippen molar-refractivity contribution in [2.45, 2.75) is 12.3 Å². The van der Waals surface area contributed by atoms with E-state index in [1.54, 1.807) is 30.3 Å². The predicted molar refractivity (Wildman–Crippen MR) is 146 cm³/mol. The summed E-state index contributed by atoms with van der Waals surface area (Å²) in [5, 5.41) is 16.8. The zero-order valence-corrected chi connectivity index (χ0v) is 20.9. The van der Waals surface area contributed by atoms with Gasteiger partial charge in [-0.3, -0.25) is 29.6 Å². The molecular weight excluding hydrogens is 500 g/mol. The van der Waals surface area contributed by atoms with Crippen LogP contribution in [0.4, 0.5) is 21.9 Å². The molecule has 0 radical (unpaired) electrons. The van der Waals surface area contributed by atoms with E-state index in [-0.39, 0.29) is 17.3 Å². The van der Waals surface area contributed by atoms with Crippen molar-refractivity contribution in [2.24, 2.45) is 10.7 Å². The molecule has 1 fully saturated rings. The molecule has 0 aliphatic carbocycles. The first kappa shape index (κ1) is 25.5. The number of aliphatic imine (C=N–C) groups is 1. The minimum Gasteiger partial charge on any atom is -0.330 e. The van der Waals surface area contributed by atoms with E-state index in [1.807, 2.05) is 24.3 Å². The standard InChI is InChI=1S/C28H24N6O5/c1-33-27(36)23(32-28(33)37)14-17-4-8-19(9-5-17)30-25(18-6-2-16(3-7-18)12-13-29)24-21-15-20(34(38)39)10-11-22(21)31-26(24)35/h2-11,14-15,24H,12-13,29H2,1H3,(H,31,35)(H,32,37). The lowest BCUT2D eigenvalue weighted by atomic mass is 9.90. The number of hydrogen-bond acceptors (Lipinski definition) is 7. The van der Waals surface area contributed by atoms with E-state index >= 15 is 0 Å². The van der Waals surface area contributed by atoms with E-state index < -0.39 is 22.8 Å². The van der Waals surface area contributed by atoms with E-state index in [0.717, 1.165) is 10.5 Å². The normalized spacial score (nSPS) is 17.8. The fourth-order valence-electron chi connectivity index (χ4n) is 4.51. The lowest BCUT2D eigenvalue weighted by molar-refractivity contribution is -0.384. The van der Waals surface area contributed by atoms with Crippen molar-refractivity contribution in [1.82, 2.24) is 10.2 Å². The molecule has 0 spiro atoms. The summed E-state index contributed by atoms with van der Waals surface area (Å²) in [5.74, 6) is -1.64. The predicted octanol–water partition coefficient (Wildman–Crippen LogP) is 3.48. The number of nitrogens with two attached hydrogens (primary N) is 1. The highest BCUT2D eigenvalue weighted by Crippen LogP contribution is 2.38. The summed E-state index contributed by atoms with van der Waals surface area (Å²) < 4.78 is 0. The highest BCUT2D eigenvalue weighted by atomic mass is 16.6. The summed E-state index contributed by atoms with van der Waals surface area (Å²) in [6.07, 6.45) is 2.26. The minimum atomic E-state index is -0.871. The third kappa shape index (κ3) is 5.03. The molecule has 3 aromatic rings. The summed E-state index contributed by atoms with van der Waals surface area (Å²) in [5.41, 5.74) is 10.0. The highest BCUT2D eigenvalue weighted by Gasteiger charge is 2.37.